The highest BCUT2D eigenvalue weighted by molar-refractivity contribution is 7.98. The van der Waals surface area contributed by atoms with Gasteiger partial charge >= 0.3 is 0 Å². The van der Waals surface area contributed by atoms with Crippen molar-refractivity contribution in [2.75, 3.05) is 18.1 Å². The molecule has 1 aromatic heterocycles. The van der Waals surface area contributed by atoms with Crippen molar-refractivity contribution >= 4 is 29.7 Å². The molecule has 1 heterocycles. The molecule has 0 aliphatic carbocycles. The van der Waals surface area contributed by atoms with E-state index in [0.717, 1.165) is 5.69 Å². The number of H-pyrrole nitrogens is 1. The number of nitrogens with zero attached hydrogens (tertiary/aromatic N) is 1. The maximum atomic E-state index is 9.88. The Morgan fingerprint density at radius 2 is 2.42 bits per heavy atom. The lowest BCUT2D eigenvalue weighted by molar-refractivity contribution is 0.178. The Balaban J connectivity index is 1.85. The third-order valence-corrected chi connectivity index (χ3v) is 3.40. The largest absolute Gasteiger partial charge is 0.414 e. The van der Waals surface area contributed by atoms with Crippen LogP contribution in [-0.4, -0.2) is 34.2 Å². The van der Waals surface area contributed by atoms with E-state index < -0.39 is 6.10 Å². The van der Waals surface area contributed by atoms with Crippen LogP contribution < -0.4 is 5.32 Å². The fraction of sp³-hybridized carbons (Fsp3) is 0.333. The Morgan fingerprint density at radius 3 is 3.11 bits per heavy atom. The summed E-state index contributed by atoms with van der Waals surface area (Å²) in [5, 5.41) is 19.4. The van der Waals surface area contributed by atoms with Gasteiger partial charge in [-0.3, -0.25) is 0 Å². The predicted octanol–water partition coefficient (Wildman–Crippen LogP) is 2.47. The second-order valence-corrected chi connectivity index (χ2v) is 5.23. The molecule has 0 aliphatic rings. The SMILES string of the molecule is CSc1cccc(NCC(O)Cc2n[nH]c(=S)o2)c1. The van der Waals surface area contributed by atoms with Crippen molar-refractivity contribution in [1.82, 2.24) is 10.2 Å². The Labute approximate surface area is 120 Å². The maximum absolute atomic E-state index is 9.88. The number of aliphatic hydroxyl groups is 1. The fourth-order valence-corrected chi connectivity index (χ4v) is 2.19. The molecule has 0 amide bonds. The summed E-state index contributed by atoms with van der Waals surface area (Å²) in [7, 11) is 0. The second kappa shape index (κ2) is 6.74. The van der Waals surface area contributed by atoms with Crippen molar-refractivity contribution < 1.29 is 9.52 Å². The van der Waals surface area contributed by atoms with Crippen molar-refractivity contribution in [1.29, 1.82) is 0 Å². The molecule has 0 spiro atoms. The molecule has 19 heavy (non-hydrogen) atoms. The quantitative estimate of drug-likeness (QED) is 0.562. The number of aliphatic hydroxyl groups excluding tert-OH is 1. The number of thioether (sulfide) groups is 1. The molecule has 0 saturated carbocycles. The van der Waals surface area contributed by atoms with Crippen LogP contribution in [0, 0.1) is 4.84 Å². The normalized spacial score (nSPS) is 12.3. The number of anilines is 1. The first-order valence-electron chi connectivity index (χ1n) is 5.78. The van der Waals surface area contributed by atoms with Crippen LogP contribution >= 0.6 is 24.0 Å². The summed E-state index contributed by atoms with van der Waals surface area (Å²) in [6.45, 7) is 0.424. The van der Waals surface area contributed by atoms with E-state index in [4.69, 9.17) is 16.6 Å². The van der Waals surface area contributed by atoms with E-state index in [1.54, 1.807) is 11.8 Å². The van der Waals surface area contributed by atoms with Crippen LogP contribution in [0.25, 0.3) is 0 Å². The Hall–Kier alpha value is -1.31. The number of nitrogens with one attached hydrogen (secondary N) is 2. The van der Waals surface area contributed by atoms with Gasteiger partial charge in [-0.25, -0.2) is 5.10 Å². The van der Waals surface area contributed by atoms with Gasteiger partial charge in [0.1, 0.15) is 0 Å². The molecule has 2 rings (SSSR count). The highest BCUT2D eigenvalue weighted by atomic mass is 32.2. The number of hydrogen-bond acceptors (Lipinski definition) is 6. The molecule has 7 heteroatoms. The summed E-state index contributed by atoms with van der Waals surface area (Å²) in [6, 6.07) is 8.03. The minimum atomic E-state index is -0.584. The van der Waals surface area contributed by atoms with E-state index in [9.17, 15) is 5.11 Å². The van der Waals surface area contributed by atoms with Gasteiger partial charge in [-0.15, -0.1) is 16.9 Å². The highest BCUT2D eigenvalue weighted by Crippen LogP contribution is 2.18. The van der Waals surface area contributed by atoms with Gasteiger partial charge < -0.3 is 14.8 Å². The van der Waals surface area contributed by atoms with Crippen LogP contribution in [0.5, 0.6) is 0 Å². The standard InChI is InChI=1S/C12H15N3O2S2/c1-19-10-4-2-3-8(5-10)13-7-9(16)6-11-14-15-12(18)17-11/h2-5,9,13,16H,6-7H2,1H3,(H,15,18). The first kappa shape index (κ1) is 14.1. The van der Waals surface area contributed by atoms with E-state index in [2.05, 4.69) is 15.5 Å². The minimum absolute atomic E-state index is 0.225. The third kappa shape index (κ3) is 4.38. The van der Waals surface area contributed by atoms with Gasteiger partial charge in [-0.05, 0) is 36.7 Å². The molecule has 102 valence electrons. The topological polar surface area (TPSA) is 74.1 Å². The van der Waals surface area contributed by atoms with Gasteiger partial charge in [0.15, 0.2) is 0 Å². The summed E-state index contributed by atoms with van der Waals surface area (Å²) >= 11 is 6.45. The van der Waals surface area contributed by atoms with Gasteiger partial charge in [-0.1, -0.05) is 6.07 Å². The zero-order valence-corrected chi connectivity index (χ0v) is 12.1. The second-order valence-electron chi connectivity index (χ2n) is 3.98. The maximum Gasteiger partial charge on any atom is 0.284 e. The van der Waals surface area contributed by atoms with Crippen molar-refractivity contribution in [2.45, 2.75) is 17.4 Å². The molecule has 0 radical (unpaired) electrons. The lowest BCUT2D eigenvalue weighted by Gasteiger charge is -2.11. The number of benzene rings is 1. The Kier molecular flexibility index (Phi) is 5.00. The van der Waals surface area contributed by atoms with Crippen molar-refractivity contribution in [3.05, 3.63) is 35.0 Å². The van der Waals surface area contributed by atoms with E-state index in [0.29, 0.717) is 18.9 Å². The molecule has 1 unspecified atom stereocenters. The molecule has 0 saturated heterocycles. The van der Waals surface area contributed by atoms with E-state index >= 15 is 0 Å². The van der Waals surface area contributed by atoms with Gasteiger partial charge in [0.25, 0.3) is 4.84 Å². The minimum Gasteiger partial charge on any atom is -0.414 e. The molecule has 3 N–H and O–H groups in total. The Morgan fingerprint density at radius 1 is 1.58 bits per heavy atom. The summed E-state index contributed by atoms with van der Waals surface area (Å²) < 4.78 is 5.10. The van der Waals surface area contributed by atoms with Crippen LogP contribution in [0.4, 0.5) is 5.69 Å². The van der Waals surface area contributed by atoms with Crippen LogP contribution in [0.1, 0.15) is 5.89 Å². The average molecular weight is 297 g/mol. The zero-order chi connectivity index (χ0) is 13.7. The molecule has 1 atom stereocenters. The third-order valence-electron chi connectivity index (χ3n) is 2.50. The number of aromatic nitrogens is 2. The molecular formula is C12H15N3O2S2. The summed E-state index contributed by atoms with van der Waals surface area (Å²) in [5.41, 5.74) is 0.980. The number of aromatic amines is 1. The molecule has 1 aromatic carbocycles. The first-order valence-corrected chi connectivity index (χ1v) is 7.41. The number of rotatable bonds is 6. The average Bonchev–Trinajstić information content (AvgIpc) is 2.82. The van der Waals surface area contributed by atoms with Crippen molar-refractivity contribution in [3.63, 3.8) is 0 Å². The predicted molar refractivity (Wildman–Crippen MR) is 78.1 cm³/mol. The van der Waals surface area contributed by atoms with Gasteiger partial charge in [0.2, 0.25) is 5.89 Å². The van der Waals surface area contributed by atoms with E-state index in [1.807, 2.05) is 30.5 Å². The first-order chi connectivity index (χ1) is 9.17. The summed E-state index contributed by atoms with van der Waals surface area (Å²) in [6.07, 6.45) is 1.77. The fourth-order valence-electron chi connectivity index (χ4n) is 1.59. The monoisotopic (exact) mass is 297 g/mol. The lowest BCUT2D eigenvalue weighted by atomic mass is 10.2. The Bertz CT molecular complexity index is 582. The highest BCUT2D eigenvalue weighted by Gasteiger charge is 2.09. The van der Waals surface area contributed by atoms with Crippen molar-refractivity contribution in [3.8, 4) is 0 Å². The smallest absolute Gasteiger partial charge is 0.284 e. The molecule has 0 fully saturated rings. The van der Waals surface area contributed by atoms with Crippen LogP contribution in [0.15, 0.2) is 33.6 Å². The zero-order valence-electron chi connectivity index (χ0n) is 10.4. The molecular weight excluding hydrogens is 282 g/mol. The van der Waals surface area contributed by atoms with E-state index in [1.165, 1.54) is 4.90 Å². The van der Waals surface area contributed by atoms with Gasteiger partial charge in [-0.2, -0.15) is 0 Å². The van der Waals surface area contributed by atoms with Gasteiger partial charge in [0, 0.05) is 17.1 Å². The van der Waals surface area contributed by atoms with Crippen LogP contribution in [0.3, 0.4) is 0 Å². The van der Waals surface area contributed by atoms with Crippen LogP contribution in [-0.2, 0) is 6.42 Å². The summed E-state index contributed by atoms with van der Waals surface area (Å²) in [5.74, 6) is 0.414. The summed E-state index contributed by atoms with van der Waals surface area (Å²) in [4.78, 5) is 1.40. The van der Waals surface area contributed by atoms with Crippen LogP contribution in [0.2, 0.25) is 0 Å². The molecule has 0 bridgehead atoms. The molecule has 2 aromatic rings. The van der Waals surface area contributed by atoms with Crippen molar-refractivity contribution in [2.24, 2.45) is 0 Å². The van der Waals surface area contributed by atoms with Gasteiger partial charge in [0.05, 0.1) is 12.5 Å². The number of hydrogen-bond donors (Lipinski definition) is 3. The lowest BCUT2D eigenvalue weighted by Crippen LogP contribution is -2.22. The van der Waals surface area contributed by atoms with E-state index in [-0.39, 0.29) is 4.84 Å². The molecule has 0 aliphatic heterocycles. The molecule has 5 nitrogen and oxygen atoms in total.